The zero-order chi connectivity index (χ0) is 32.5. The largest absolute Gasteiger partial charge is 0.481 e. The lowest BCUT2D eigenvalue weighted by Crippen LogP contribution is -2.54. The molecular weight excluding hydrogens is 552 g/mol. The third kappa shape index (κ3) is 6.71. The van der Waals surface area contributed by atoms with Gasteiger partial charge in [0.05, 0.1) is 5.60 Å². The van der Waals surface area contributed by atoms with Crippen LogP contribution in [0, 0.1) is 34.0 Å². The molecule has 0 bridgehead atoms. The Balaban J connectivity index is 2.10. The number of esters is 2. The van der Waals surface area contributed by atoms with Crippen LogP contribution in [0.3, 0.4) is 0 Å². The van der Waals surface area contributed by atoms with Gasteiger partial charge in [-0.2, -0.15) is 0 Å². The van der Waals surface area contributed by atoms with Crippen molar-refractivity contribution in [2.24, 2.45) is 34.0 Å². The molecule has 1 fully saturated rings. The highest BCUT2D eigenvalue weighted by atomic mass is 16.5. The van der Waals surface area contributed by atoms with Gasteiger partial charge in [-0.1, -0.05) is 38.0 Å². The van der Waals surface area contributed by atoms with Crippen molar-refractivity contribution in [3.05, 3.63) is 22.8 Å². The van der Waals surface area contributed by atoms with Gasteiger partial charge in [0.25, 0.3) is 0 Å². The molecule has 0 aromatic rings. The molecule has 242 valence electrons. The maximum absolute atomic E-state index is 12.1. The number of fused-ring (bicyclic) bond motifs is 2. The van der Waals surface area contributed by atoms with Crippen LogP contribution in [0.5, 0.6) is 0 Å². The maximum atomic E-state index is 12.1. The number of carboxylic acids is 2. The molecule has 0 aliphatic heterocycles. The second kappa shape index (κ2) is 12.7. The minimum absolute atomic E-state index is 0.0266. The molecule has 0 aromatic carbocycles. The van der Waals surface area contributed by atoms with Gasteiger partial charge >= 0.3 is 23.9 Å². The minimum atomic E-state index is -1.11. The smallest absolute Gasteiger partial charge is 0.330 e. The first-order valence-corrected chi connectivity index (χ1v) is 15.7. The van der Waals surface area contributed by atoms with Gasteiger partial charge in [0.1, 0.15) is 12.7 Å². The number of hydrogen-bond donors (Lipinski definition) is 3. The highest BCUT2D eigenvalue weighted by molar-refractivity contribution is 5.85. The van der Waals surface area contributed by atoms with Gasteiger partial charge in [-0.15, -0.1) is 0 Å². The Labute approximate surface area is 256 Å². The first-order chi connectivity index (χ1) is 19.8. The predicted molar refractivity (Wildman–Crippen MR) is 161 cm³/mol. The standard InChI is InChI=1S/C34H52O9/c1-20(30(39)40)9-11-27(43-23(4)36)21(2)24-13-16-33(8)25-10-12-28(31(5,6)41)34(18-15-29(37)38,19-42-22(3)35)26(25)14-17-32(24,33)7/h9,21,24,27-28,41H,10-19H2,1-8H3,(H,37,38)(H,39,40)/b20-9-/t21-,24+,27-,28-,32+,33-,34-/m0/s1. The van der Waals surface area contributed by atoms with E-state index in [1.807, 2.05) is 0 Å². The Morgan fingerprint density at radius 2 is 1.65 bits per heavy atom. The summed E-state index contributed by atoms with van der Waals surface area (Å²) in [6.45, 7) is 14.6. The Morgan fingerprint density at radius 3 is 2.19 bits per heavy atom. The summed E-state index contributed by atoms with van der Waals surface area (Å²) >= 11 is 0. The van der Waals surface area contributed by atoms with Crippen molar-refractivity contribution in [1.29, 1.82) is 0 Å². The average Bonchev–Trinajstić information content (AvgIpc) is 3.18. The van der Waals surface area contributed by atoms with Crippen LogP contribution in [0.15, 0.2) is 22.8 Å². The zero-order valence-corrected chi connectivity index (χ0v) is 27.2. The molecule has 3 aliphatic rings. The average molecular weight is 605 g/mol. The fraction of sp³-hybridized carbons (Fsp3) is 0.765. The van der Waals surface area contributed by atoms with Crippen LogP contribution in [0.4, 0.5) is 0 Å². The van der Waals surface area contributed by atoms with E-state index in [1.165, 1.54) is 26.3 Å². The number of carbonyl (C=O) groups excluding carboxylic acids is 2. The van der Waals surface area contributed by atoms with Crippen LogP contribution in [-0.4, -0.2) is 57.5 Å². The summed E-state index contributed by atoms with van der Waals surface area (Å²) in [4.78, 5) is 47.5. The lowest BCUT2D eigenvalue weighted by Gasteiger charge is -2.59. The van der Waals surface area contributed by atoms with Crippen LogP contribution >= 0.6 is 0 Å². The quantitative estimate of drug-likeness (QED) is 0.137. The zero-order valence-electron chi connectivity index (χ0n) is 27.2. The highest BCUT2D eigenvalue weighted by Gasteiger charge is 2.63. The van der Waals surface area contributed by atoms with Crippen LogP contribution in [0.2, 0.25) is 0 Å². The van der Waals surface area contributed by atoms with E-state index in [2.05, 4.69) is 20.8 Å². The number of aliphatic hydroxyl groups is 1. The van der Waals surface area contributed by atoms with Crippen molar-refractivity contribution in [1.82, 2.24) is 0 Å². The molecule has 0 aromatic heterocycles. The van der Waals surface area contributed by atoms with E-state index in [4.69, 9.17) is 9.47 Å². The lowest BCUT2D eigenvalue weighted by molar-refractivity contribution is -0.151. The van der Waals surface area contributed by atoms with Crippen molar-refractivity contribution in [2.45, 2.75) is 125 Å². The molecule has 43 heavy (non-hydrogen) atoms. The van der Waals surface area contributed by atoms with Gasteiger partial charge in [-0.25, -0.2) is 4.79 Å². The molecule has 7 atom stereocenters. The summed E-state index contributed by atoms with van der Waals surface area (Å²) < 4.78 is 11.5. The number of carboxylic acid groups (broad SMARTS) is 2. The lowest BCUT2D eigenvalue weighted by atomic mass is 9.46. The summed E-state index contributed by atoms with van der Waals surface area (Å²) in [5.41, 5.74) is 0.401. The molecular formula is C34H52O9. The summed E-state index contributed by atoms with van der Waals surface area (Å²) in [7, 11) is 0. The Morgan fingerprint density at radius 1 is 1.00 bits per heavy atom. The topological polar surface area (TPSA) is 147 Å². The Kier molecular flexibility index (Phi) is 10.3. The first-order valence-electron chi connectivity index (χ1n) is 15.7. The Hall–Kier alpha value is -2.68. The number of hydrogen-bond acceptors (Lipinski definition) is 7. The molecule has 9 heteroatoms. The van der Waals surface area contributed by atoms with Gasteiger partial charge in [-0.05, 0) is 88.4 Å². The summed E-state index contributed by atoms with van der Waals surface area (Å²) in [5.74, 6) is -2.85. The second-order valence-corrected chi connectivity index (χ2v) is 14.4. The van der Waals surface area contributed by atoms with Gasteiger partial charge in [0.15, 0.2) is 0 Å². The normalized spacial score (nSPS) is 32.3. The molecule has 0 heterocycles. The van der Waals surface area contributed by atoms with E-state index >= 15 is 0 Å². The molecule has 9 nitrogen and oxygen atoms in total. The number of ether oxygens (including phenoxy) is 2. The van der Waals surface area contributed by atoms with E-state index in [0.29, 0.717) is 19.3 Å². The van der Waals surface area contributed by atoms with E-state index in [-0.39, 0.29) is 53.6 Å². The summed E-state index contributed by atoms with van der Waals surface area (Å²) in [5, 5.41) is 30.5. The second-order valence-electron chi connectivity index (χ2n) is 14.4. The molecule has 0 amide bonds. The number of rotatable bonds is 12. The molecule has 1 saturated carbocycles. The molecule has 0 spiro atoms. The van der Waals surface area contributed by atoms with E-state index in [0.717, 1.165) is 31.3 Å². The van der Waals surface area contributed by atoms with Crippen molar-refractivity contribution in [3.63, 3.8) is 0 Å². The fourth-order valence-corrected chi connectivity index (χ4v) is 9.27. The van der Waals surface area contributed by atoms with Crippen LogP contribution in [0.25, 0.3) is 0 Å². The molecule has 0 radical (unpaired) electrons. The van der Waals surface area contributed by atoms with E-state index in [9.17, 15) is 34.5 Å². The van der Waals surface area contributed by atoms with Gasteiger partial charge < -0.3 is 24.8 Å². The maximum Gasteiger partial charge on any atom is 0.330 e. The third-order valence-corrected chi connectivity index (χ3v) is 11.6. The predicted octanol–water partition coefficient (Wildman–Crippen LogP) is 6.08. The number of carbonyl (C=O) groups is 4. The number of allylic oxidation sites excluding steroid dienone is 1. The fourth-order valence-electron chi connectivity index (χ4n) is 9.27. The van der Waals surface area contributed by atoms with Crippen LogP contribution in [-0.2, 0) is 28.7 Å². The van der Waals surface area contributed by atoms with Gasteiger partial charge in [0, 0.05) is 43.6 Å². The highest BCUT2D eigenvalue weighted by Crippen LogP contribution is 2.71. The van der Waals surface area contributed by atoms with E-state index in [1.54, 1.807) is 19.9 Å². The molecule has 0 unspecified atom stereocenters. The van der Waals surface area contributed by atoms with Gasteiger partial charge in [-0.3, -0.25) is 14.4 Å². The van der Waals surface area contributed by atoms with Crippen LogP contribution in [0.1, 0.15) is 113 Å². The monoisotopic (exact) mass is 604 g/mol. The summed E-state index contributed by atoms with van der Waals surface area (Å²) in [6, 6.07) is 0. The number of aliphatic carboxylic acids is 2. The first kappa shape index (κ1) is 34.8. The SMILES string of the molecule is CC(=O)OC[C@@]1(CCC(=O)O)C2=C(CC[C@H]1C(C)(C)O)[C@]1(C)CC[C@H]([C@H](C)[C@H](C/C=C(/C)C(=O)O)OC(C)=O)[C@@]1(C)CC2. The van der Waals surface area contributed by atoms with Crippen molar-refractivity contribution >= 4 is 23.9 Å². The minimum Gasteiger partial charge on any atom is -0.481 e. The van der Waals surface area contributed by atoms with Crippen molar-refractivity contribution in [3.8, 4) is 0 Å². The van der Waals surface area contributed by atoms with Crippen molar-refractivity contribution < 1.29 is 44.0 Å². The van der Waals surface area contributed by atoms with Gasteiger partial charge in [0.2, 0.25) is 0 Å². The van der Waals surface area contributed by atoms with Crippen LogP contribution < -0.4 is 0 Å². The Bertz CT molecular complexity index is 1160. The molecule has 3 rings (SSSR count). The van der Waals surface area contributed by atoms with E-state index < -0.39 is 41.0 Å². The molecule has 3 aliphatic carbocycles. The van der Waals surface area contributed by atoms with Crippen molar-refractivity contribution in [2.75, 3.05) is 6.61 Å². The third-order valence-electron chi connectivity index (χ3n) is 11.6. The molecule has 0 saturated heterocycles. The summed E-state index contributed by atoms with van der Waals surface area (Å²) in [6.07, 6.45) is 6.45. The molecule has 3 N–H and O–H groups in total.